The van der Waals surface area contributed by atoms with Crippen LogP contribution in [0.3, 0.4) is 0 Å². The monoisotopic (exact) mass is 327 g/mol. The second kappa shape index (κ2) is 6.30. The Labute approximate surface area is 128 Å². The lowest BCUT2D eigenvalue weighted by Gasteiger charge is -2.06. The number of amides is 1. The van der Waals surface area contributed by atoms with Crippen molar-refractivity contribution in [3.63, 3.8) is 0 Å². The highest BCUT2D eigenvalue weighted by atomic mass is 35.5. The minimum Gasteiger partial charge on any atom is -0.477 e. The van der Waals surface area contributed by atoms with Crippen molar-refractivity contribution in [1.82, 2.24) is 0 Å². The van der Waals surface area contributed by atoms with Crippen LogP contribution in [0.2, 0.25) is 5.02 Å². The molecule has 2 aromatic rings. The molecule has 1 amide bonds. The van der Waals surface area contributed by atoms with E-state index in [9.17, 15) is 9.59 Å². The first-order valence-corrected chi connectivity index (χ1v) is 7.91. The highest BCUT2D eigenvalue weighted by Crippen LogP contribution is 2.26. The molecule has 20 heavy (non-hydrogen) atoms. The van der Waals surface area contributed by atoms with Gasteiger partial charge in [-0.05, 0) is 36.6 Å². The van der Waals surface area contributed by atoms with E-state index in [1.807, 2.05) is 12.3 Å². The molecular formula is C13H10ClNO3S2. The Morgan fingerprint density at radius 2 is 2.05 bits per heavy atom. The van der Waals surface area contributed by atoms with Crippen molar-refractivity contribution in [2.75, 3.05) is 11.6 Å². The quantitative estimate of drug-likeness (QED) is 0.831. The fourth-order valence-electron chi connectivity index (χ4n) is 1.50. The number of carboxylic acid groups (broad SMARTS) is 1. The number of anilines is 1. The van der Waals surface area contributed by atoms with Crippen molar-refractivity contribution in [3.05, 3.63) is 45.8 Å². The maximum absolute atomic E-state index is 12.1. The maximum atomic E-state index is 12.1. The molecule has 1 aromatic carbocycles. The number of carbonyl (C=O) groups is 2. The van der Waals surface area contributed by atoms with Gasteiger partial charge in [-0.3, -0.25) is 4.79 Å². The van der Waals surface area contributed by atoms with Crippen LogP contribution in [-0.4, -0.2) is 23.2 Å². The third-order valence-electron chi connectivity index (χ3n) is 2.47. The molecule has 0 saturated carbocycles. The summed E-state index contributed by atoms with van der Waals surface area (Å²) in [6.07, 6.45) is 1.91. The fraction of sp³-hybridized carbons (Fsp3) is 0.0769. The minimum absolute atomic E-state index is 0.171. The van der Waals surface area contributed by atoms with E-state index in [4.69, 9.17) is 16.7 Å². The molecule has 7 heteroatoms. The van der Waals surface area contributed by atoms with Gasteiger partial charge in [0.2, 0.25) is 0 Å². The molecule has 0 aliphatic heterocycles. The summed E-state index contributed by atoms with van der Waals surface area (Å²) in [6.45, 7) is 0. The van der Waals surface area contributed by atoms with Gasteiger partial charge in [0.25, 0.3) is 5.91 Å². The highest BCUT2D eigenvalue weighted by Gasteiger charge is 2.14. The van der Waals surface area contributed by atoms with Gasteiger partial charge in [0.05, 0.1) is 15.6 Å². The van der Waals surface area contributed by atoms with E-state index in [1.54, 1.807) is 18.2 Å². The van der Waals surface area contributed by atoms with Crippen molar-refractivity contribution in [2.24, 2.45) is 0 Å². The molecular weight excluding hydrogens is 318 g/mol. The Balaban J connectivity index is 2.21. The maximum Gasteiger partial charge on any atom is 0.345 e. The van der Waals surface area contributed by atoms with Crippen LogP contribution < -0.4 is 5.32 Å². The Hall–Kier alpha value is -1.50. The van der Waals surface area contributed by atoms with E-state index in [1.165, 1.54) is 17.8 Å². The zero-order chi connectivity index (χ0) is 14.7. The van der Waals surface area contributed by atoms with Crippen molar-refractivity contribution in [3.8, 4) is 0 Å². The second-order valence-electron chi connectivity index (χ2n) is 3.77. The Morgan fingerprint density at radius 1 is 1.30 bits per heavy atom. The topological polar surface area (TPSA) is 66.4 Å². The zero-order valence-electron chi connectivity index (χ0n) is 10.3. The molecule has 1 aromatic heterocycles. The van der Waals surface area contributed by atoms with Crippen LogP contribution >= 0.6 is 34.7 Å². The van der Waals surface area contributed by atoms with Crippen molar-refractivity contribution >= 4 is 51.6 Å². The molecule has 4 nitrogen and oxygen atoms in total. The summed E-state index contributed by atoms with van der Waals surface area (Å²) in [5, 5.41) is 12.3. The predicted octanol–water partition coefficient (Wildman–Crippen LogP) is 4.07. The van der Waals surface area contributed by atoms with Gasteiger partial charge in [-0.2, -0.15) is 0 Å². The van der Waals surface area contributed by atoms with Crippen LogP contribution in [0.4, 0.5) is 5.00 Å². The Morgan fingerprint density at radius 3 is 2.65 bits per heavy atom. The van der Waals surface area contributed by atoms with Gasteiger partial charge < -0.3 is 10.4 Å². The zero-order valence-corrected chi connectivity index (χ0v) is 12.7. The number of thiophene rings is 1. The largest absolute Gasteiger partial charge is 0.477 e. The molecule has 0 aliphatic rings. The Bertz CT molecular complexity index is 669. The number of halogens is 1. The van der Waals surface area contributed by atoms with Crippen LogP contribution in [-0.2, 0) is 0 Å². The van der Waals surface area contributed by atoms with Gasteiger partial charge in [-0.15, -0.1) is 23.1 Å². The third kappa shape index (κ3) is 3.33. The fourth-order valence-corrected chi connectivity index (χ4v) is 2.89. The standard InChI is InChI=1S/C13H10ClNO3S2/c1-19-7-2-3-9(14)8(6-7)12(16)15-11-5-4-10(20-11)13(17)18/h2-6H,1H3,(H,15,16)(H,17,18). The molecule has 0 saturated heterocycles. The number of rotatable bonds is 4. The summed E-state index contributed by atoms with van der Waals surface area (Å²) in [7, 11) is 0. The lowest BCUT2D eigenvalue weighted by molar-refractivity contribution is 0.0702. The summed E-state index contributed by atoms with van der Waals surface area (Å²) in [5.41, 5.74) is 0.365. The van der Waals surface area contributed by atoms with Gasteiger partial charge in [0.1, 0.15) is 4.88 Å². The minimum atomic E-state index is -1.02. The first-order chi connectivity index (χ1) is 9.51. The average Bonchev–Trinajstić information content (AvgIpc) is 2.88. The third-order valence-corrected chi connectivity index (χ3v) is 4.52. The van der Waals surface area contributed by atoms with Crippen LogP contribution in [0, 0.1) is 0 Å². The summed E-state index contributed by atoms with van der Waals surface area (Å²) in [6, 6.07) is 8.20. The lowest BCUT2D eigenvalue weighted by atomic mass is 10.2. The molecule has 0 aliphatic carbocycles. The first kappa shape index (κ1) is 14.9. The summed E-state index contributed by atoms with van der Waals surface area (Å²) in [4.78, 5) is 24.0. The van der Waals surface area contributed by atoms with E-state index in [0.29, 0.717) is 15.6 Å². The normalized spacial score (nSPS) is 10.3. The molecule has 0 unspecified atom stereocenters. The molecule has 0 bridgehead atoms. The summed E-state index contributed by atoms with van der Waals surface area (Å²) in [5.74, 6) is -1.37. The number of nitrogens with one attached hydrogen (secondary N) is 1. The number of aromatic carboxylic acids is 1. The van der Waals surface area contributed by atoms with Gasteiger partial charge in [0, 0.05) is 4.90 Å². The van der Waals surface area contributed by atoms with Crippen molar-refractivity contribution in [2.45, 2.75) is 4.90 Å². The molecule has 104 valence electrons. The van der Waals surface area contributed by atoms with Gasteiger partial charge in [0.15, 0.2) is 0 Å². The number of benzene rings is 1. The predicted molar refractivity (Wildman–Crippen MR) is 82.5 cm³/mol. The smallest absolute Gasteiger partial charge is 0.345 e. The average molecular weight is 328 g/mol. The van der Waals surface area contributed by atoms with Crippen LogP contribution in [0.1, 0.15) is 20.0 Å². The van der Waals surface area contributed by atoms with Crippen LogP contribution in [0.15, 0.2) is 35.2 Å². The second-order valence-corrected chi connectivity index (χ2v) is 6.14. The van der Waals surface area contributed by atoms with E-state index >= 15 is 0 Å². The van der Waals surface area contributed by atoms with Crippen molar-refractivity contribution in [1.29, 1.82) is 0 Å². The van der Waals surface area contributed by atoms with Crippen LogP contribution in [0.25, 0.3) is 0 Å². The first-order valence-electron chi connectivity index (χ1n) is 5.49. The highest BCUT2D eigenvalue weighted by molar-refractivity contribution is 7.98. The van der Waals surface area contributed by atoms with Crippen molar-refractivity contribution < 1.29 is 14.7 Å². The van der Waals surface area contributed by atoms with E-state index in [0.717, 1.165) is 16.2 Å². The molecule has 2 rings (SSSR count). The molecule has 0 atom stereocenters. The number of carboxylic acids is 1. The molecule has 0 radical (unpaired) electrons. The summed E-state index contributed by atoms with van der Waals surface area (Å²) < 4.78 is 0. The van der Waals surface area contributed by atoms with Gasteiger partial charge >= 0.3 is 5.97 Å². The number of carbonyl (C=O) groups excluding carboxylic acids is 1. The van der Waals surface area contributed by atoms with E-state index < -0.39 is 5.97 Å². The molecule has 0 spiro atoms. The number of thioether (sulfide) groups is 1. The molecule has 1 heterocycles. The van der Waals surface area contributed by atoms with Gasteiger partial charge in [-0.1, -0.05) is 11.6 Å². The summed E-state index contributed by atoms with van der Waals surface area (Å²) >= 11 is 8.52. The number of hydrogen-bond donors (Lipinski definition) is 2. The lowest BCUT2D eigenvalue weighted by Crippen LogP contribution is -2.11. The van der Waals surface area contributed by atoms with E-state index in [-0.39, 0.29) is 10.8 Å². The van der Waals surface area contributed by atoms with E-state index in [2.05, 4.69) is 5.32 Å². The molecule has 2 N–H and O–H groups in total. The van der Waals surface area contributed by atoms with Gasteiger partial charge in [-0.25, -0.2) is 4.79 Å². The van der Waals surface area contributed by atoms with Crippen LogP contribution in [0.5, 0.6) is 0 Å². The Kier molecular flexibility index (Phi) is 4.69. The SMILES string of the molecule is CSc1ccc(Cl)c(C(=O)Nc2ccc(C(=O)O)s2)c1. The molecule has 0 fully saturated rings. The number of hydrogen-bond acceptors (Lipinski definition) is 4.